The Morgan fingerprint density at radius 3 is 3.00 bits per heavy atom. The van der Waals surface area contributed by atoms with Gasteiger partial charge in [-0.3, -0.25) is 4.90 Å². The fourth-order valence-corrected chi connectivity index (χ4v) is 2.81. The highest BCUT2D eigenvalue weighted by Crippen LogP contribution is 2.35. The molecule has 1 fully saturated rings. The van der Waals surface area contributed by atoms with Gasteiger partial charge < -0.3 is 4.98 Å². The number of imidazole rings is 1. The van der Waals surface area contributed by atoms with E-state index in [0.29, 0.717) is 24.5 Å². The minimum atomic E-state index is -0.297. The van der Waals surface area contributed by atoms with Crippen molar-refractivity contribution in [1.82, 2.24) is 14.9 Å². The largest absolute Gasteiger partial charge is 0.341 e. The van der Waals surface area contributed by atoms with Crippen molar-refractivity contribution in [2.75, 3.05) is 6.54 Å². The number of halogens is 1. The van der Waals surface area contributed by atoms with E-state index in [9.17, 15) is 4.39 Å². The monoisotopic (exact) mass is 286 g/mol. The highest BCUT2D eigenvalue weighted by molar-refractivity contribution is 5.75. The summed E-state index contributed by atoms with van der Waals surface area (Å²) in [4.78, 5) is 9.82. The Balaban J connectivity index is 1.79. The normalized spacial score (nSPS) is 16.3. The molecule has 1 heterocycles. The van der Waals surface area contributed by atoms with Crippen LogP contribution in [0.4, 0.5) is 4.39 Å². The van der Waals surface area contributed by atoms with Gasteiger partial charge in [-0.25, -0.2) is 9.37 Å². The van der Waals surface area contributed by atoms with Crippen LogP contribution in [0.3, 0.4) is 0 Å². The van der Waals surface area contributed by atoms with Gasteiger partial charge in [0, 0.05) is 19.0 Å². The molecule has 2 aromatic rings. The number of aromatic amines is 1. The van der Waals surface area contributed by atoms with E-state index in [1.807, 2.05) is 6.07 Å². The van der Waals surface area contributed by atoms with Crippen LogP contribution < -0.4 is 0 Å². The van der Waals surface area contributed by atoms with E-state index in [0.717, 1.165) is 23.8 Å². The molecule has 3 rings (SSSR count). The molecule has 1 aromatic heterocycles. The third-order valence-corrected chi connectivity index (χ3v) is 4.26. The maximum Gasteiger partial charge on any atom is 0.151 e. The molecule has 0 bridgehead atoms. The number of hydrogen-bond acceptors (Lipinski definition) is 3. The van der Waals surface area contributed by atoms with E-state index in [2.05, 4.69) is 27.9 Å². The molecule has 0 saturated heterocycles. The first-order valence-electron chi connectivity index (χ1n) is 7.43. The zero-order valence-corrected chi connectivity index (χ0v) is 12.1. The van der Waals surface area contributed by atoms with E-state index in [1.54, 1.807) is 6.07 Å². The first-order chi connectivity index (χ1) is 10.2. The molecule has 110 valence electrons. The maximum atomic E-state index is 13.7. The predicted octanol–water partition coefficient (Wildman–Crippen LogP) is 3.22. The minimum absolute atomic E-state index is 0.297. The topological polar surface area (TPSA) is 55.7 Å². The van der Waals surface area contributed by atoms with Crippen molar-refractivity contribution >= 4 is 11.0 Å². The van der Waals surface area contributed by atoms with Crippen molar-refractivity contribution in [3.63, 3.8) is 0 Å². The van der Waals surface area contributed by atoms with Crippen LogP contribution in [0, 0.1) is 23.1 Å². The third kappa shape index (κ3) is 3.06. The van der Waals surface area contributed by atoms with Crippen LogP contribution in [0.25, 0.3) is 11.0 Å². The van der Waals surface area contributed by atoms with Gasteiger partial charge in [-0.15, -0.1) is 0 Å². The lowest BCUT2D eigenvalue weighted by Gasteiger charge is -2.27. The summed E-state index contributed by atoms with van der Waals surface area (Å²) in [7, 11) is 0. The number of nitriles is 1. The first-order valence-corrected chi connectivity index (χ1v) is 7.43. The van der Waals surface area contributed by atoms with Crippen LogP contribution in [0.2, 0.25) is 0 Å². The number of nitrogens with zero attached hydrogens (tertiary/aromatic N) is 3. The Labute approximate surface area is 123 Å². The second kappa shape index (κ2) is 5.82. The van der Waals surface area contributed by atoms with Crippen molar-refractivity contribution in [1.29, 1.82) is 5.26 Å². The van der Waals surface area contributed by atoms with Gasteiger partial charge in [-0.1, -0.05) is 6.07 Å². The van der Waals surface area contributed by atoms with E-state index in [4.69, 9.17) is 5.26 Å². The number of hydrogen-bond donors (Lipinski definition) is 1. The second-order valence-electron chi connectivity index (χ2n) is 5.78. The van der Waals surface area contributed by atoms with Gasteiger partial charge in [0.1, 0.15) is 11.3 Å². The molecular weight excluding hydrogens is 267 g/mol. The van der Waals surface area contributed by atoms with Gasteiger partial charge in [-0.05, 0) is 37.8 Å². The predicted molar refractivity (Wildman–Crippen MR) is 78.9 cm³/mol. The number of para-hydroxylation sites is 1. The average Bonchev–Trinajstić information content (AvgIpc) is 3.23. The van der Waals surface area contributed by atoms with E-state index in [-0.39, 0.29) is 5.82 Å². The Hall–Kier alpha value is -1.93. The molecule has 1 saturated carbocycles. The summed E-state index contributed by atoms with van der Waals surface area (Å²) >= 11 is 0. The molecule has 21 heavy (non-hydrogen) atoms. The zero-order valence-electron chi connectivity index (χ0n) is 12.1. The first kappa shape index (κ1) is 14.0. The third-order valence-electron chi connectivity index (χ3n) is 4.26. The van der Waals surface area contributed by atoms with Crippen molar-refractivity contribution in [2.24, 2.45) is 5.92 Å². The number of benzene rings is 1. The quantitative estimate of drug-likeness (QED) is 0.887. The van der Waals surface area contributed by atoms with E-state index < -0.39 is 0 Å². The van der Waals surface area contributed by atoms with Crippen LogP contribution in [-0.4, -0.2) is 27.5 Å². The highest BCUT2D eigenvalue weighted by atomic mass is 19.1. The standard InChI is InChI=1S/C16H19FN4/c1-11(12-6-7-12)21(9-3-8-18)10-15-19-14-5-2-4-13(17)16(14)20-15/h2,4-5,11-12H,3,6-7,9-10H2,1H3,(H,19,20)/t11-/m1/s1. The smallest absolute Gasteiger partial charge is 0.151 e. The Morgan fingerprint density at radius 1 is 1.52 bits per heavy atom. The summed E-state index contributed by atoms with van der Waals surface area (Å²) in [6.45, 7) is 3.57. The summed E-state index contributed by atoms with van der Waals surface area (Å²) in [6.07, 6.45) is 3.03. The zero-order chi connectivity index (χ0) is 14.8. The molecule has 1 aromatic carbocycles. The van der Waals surface area contributed by atoms with Crippen molar-refractivity contribution in [3.05, 3.63) is 29.8 Å². The molecule has 0 spiro atoms. The lowest BCUT2D eigenvalue weighted by Crippen LogP contribution is -2.35. The molecule has 0 unspecified atom stereocenters. The lowest BCUT2D eigenvalue weighted by atomic mass is 10.1. The molecule has 1 aliphatic rings. The van der Waals surface area contributed by atoms with Crippen molar-refractivity contribution in [2.45, 2.75) is 38.8 Å². The molecule has 4 nitrogen and oxygen atoms in total. The average molecular weight is 286 g/mol. The van der Waals surface area contributed by atoms with Gasteiger partial charge in [-0.2, -0.15) is 5.26 Å². The second-order valence-corrected chi connectivity index (χ2v) is 5.78. The lowest BCUT2D eigenvalue weighted by molar-refractivity contribution is 0.181. The Bertz CT molecular complexity index is 668. The number of H-pyrrole nitrogens is 1. The number of rotatable bonds is 6. The number of aromatic nitrogens is 2. The van der Waals surface area contributed by atoms with Crippen LogP contribution in [0.15, 0.2) is 18.2 Å². The molecule has 1 N–H and O–H groups in total. The molecule has 0 aliphatic heterocycles. The molecule has 0 amide bonds. The van der Waals surface area contributed by atoms with E-state index >= 15 is 0 Å². The molecular formula is C16H19FN4. The van der Waals surface area contributed by atoms with Gasteiger partial charge in [0.15, 0.2) is 5.82 Å². The van der Waals surface area contributed by atoms with Gasteiger partial charge in [0.25, 0.3) is 0 Å². The molecule has 1 aliphatic carbocycles. The SMILES string of the molecule is C[C@H](C1CC1)N(CCC#N)Cc1nc2c(F)cccc2[nH]1. The maximum absolute atomic E-state index is 13.7. The fraction of sp³-hybridized carbons (Fsp3) is 0.500. The van der Waals surface area contributed by atoms with Crippen LogP contribution in [0.1, 0.15) is 32.0 Å². The number of fused-ring (bicyclic) bond motifs is 1. The summed E-state index contributed by atoms with van der Waals surface area (Å²) in [5.41, 5.74) is 1.12. The van der Waals surface area contributed by atoms with Crippen molar-refractivity contribution < 1.29 is 4.39 Å². The van der Waals surface area contributed by atoms with Crippen LogP contribution >= 0.6 is 0 Å². The summed E-state index contributed by atoms with van der Waals surface area (Å²) in [5, 5.41) is 8.82. The summed E-state index contributed by atoms with van der Waals surface area (Å²) in [6, 6.07) is 7.58. The van der Waals surface area contributed by atoms with Gasteiger partial charge >= 0.3 is 0 Å². The number of nitrogens with one attached hydrogen (secondary N) is 1. The highest BCUT2D eigenvalue weighted by Gasteiger charge is 2.32. The molecule has 5 heteroatoms. The van der Waals surface area contributed by atoms with Crippen LogP contribution in [0.5, 0.6) is 0 Å². The van der Waals surface area contributed by atoms with E-state index in [1.165, 1.54) is 18.9 Å². The van der Waals surface area contributed by atoms with Crippen LogP contribution in [-0.2, 0) is 6.54 Å². The summed E-state index contributed by atoms with van der Waals surface area (Å²) < 4.78 is 13.7. The molecule has 0 radical (unpaired) electrons. The van der Waals surface area contributed by atoms with Crippen molar-refractivity contribution in [3.8, 4) is 6.07 Å². The Morgan fingerprint density at radius 2 is 2.33 bits per heavy atom. The van der Waals surface area contributed by atoms with Gasteiger partial charge in [0.05, 0.1) is 18.1 Å². The summed E-state index contributed by atoms with van der Waals surface area (Å²) in [5.74, 6) is 1.19. The Kier molecular flexibility index (Phi) is 3.89. The van der Waals surface area contributed by atoms with Gasteiger partial charge in [0.2, 0.25) is 0 Å². The fourth-order valence-electron chi connectivity index (χ4n) is 2.81. The molecule has 1 atom stereocenters. The minimum Gasteiger partial charge on any atom is -0.341 e.